The smallest absolute Gasteiger partial charge is 0.265 e. The van der Waals surface area contributed by atoms with Gasteiger partial charge in [-0.2, -0.15) is 0 Å². The predicted octanol–water partition coefficient (Wildman–Crippen LogP) is 3.41. The molecule has 3 rings (SSSR count). The van der Waals surface area contributed by atoms with Crippen LogP contribution in [0.2, 0.25) is 0 Å². The van der Waals surface area contributed by atoms with Gasteiger partial charge in [0.2, 0.25) is 0 Å². The van der Waals surface area contributed by atoms with Crippen LogP contribution >= 0.6 is 0 Å². The van der Waals surface area contributed by atoms with E-state index in [0.717, 1.165) is 37.2 Å². The molecular weight excluding hydrogens is 352 g/mol. The van der Waals surface area contributed by atoms with Crippen LogP contribution in [0, 0.1) is 6.92 Å². The second-order valence-electron chi connectivity index (χ2n) is 6.32. The molecule has 0 radical (unpaired) electrons. The summed E-state index contributed by atoms with van der Waals surface area (Å²) in [7, 11) is -0.885. The minimum absolute atomic E-state index is 0.0466. The Morgan fingerprint density at radius 2 is 1.73 bits per heavy atom. The van der Waals surface area contributed by atoms with Gasteiger partial charge >= 0.3 is 0 Å². The quantitative estimate of drug-likeness (QED) is 0.837. The van der Waals surface area contributed by atoms with Crippen LogP contribution in [-0.2, 0) is 10.0 Å². The number of anilines is 2. The van der Waals surface area contributed by atoms with Gasteiger partial charge in [0.05, 0.1) is 19.9 Å². The number of hydrogen-bond donors (Lipinski definition) is 1. The summed E-state index contributed by atoms with van der Waals surface area (Å²) >= 11 is 0. The van der Waals surface area contributed by atoms with E-state index < -0.39 is 10.0 Å². The molecule has 0 aliphatic carbocycles. The van der Waals surface area contributed by atoms with Crippen molar-refractivity contribution in [1.82, 2.24) is 0 Å². The van der Waals surface area contributed by atoms with Crippen LogP contribution < -0.4 is 19.1 Å². The van der Waals surface area contributed by atoms with E-state index in [-0.39, 0.29) is 10.6 Å². The monoisotopic (exact) mass is 376 g/mol. The van der Waals surface area contributed by atoms with Gasteiger partial charge in [-0.15, -0.1) is 0 Å². The van der Waals surface area contributed by atoms with E-state index in [1.54, 1.807) is 12.1 Å². The second-order valence-corrected chi connectivity index (χ2v) is 7.97. The molecule has 6 nitrogen and oxygen atoms in total. The summed E-state index contributed by atoms with van der Waals surface area (Å²) in [6, 6.07) is 10.6. The van der Waals surface area contributed by atoms with Gasteiger partial charge in [-0.3, -0.25) is 4.72 Å². The molecule has 0 amide bonds. The molecule has 7 heteroatoms. The Bertz CT molecular complexity index is 890. The number of nitrogens with zero attached hydrogens (tertiary/aromatic N) is 1. The summed E-state index contributed by atoms with van der Waals surface area (Å²) in [5, 5.41) is 0. The SMILES string of the molecule is COc1ccc(OC)c(S(=O)(=O)Nc2cc(N3CCCC3)ccc2C)c1. The van der Waals surface area contributed by atoms with Crippen molar-refractivity contribution in [1.29, 1.82) is 0 Å². The van der Waals surface area contributed by atoms with Gasteiger partial charge in [0, 0.05) is 24.8 Å². The highest BCUT2D eigenvalue weighted by Gasteiger charge is 2.22. The first kappa shape index (κ1) is 18.4. The predicted molar refractivity (Wildman–Crippen MR) is 103 cm³/mol. The number of aryl methyl sites for hydroxylation is 1. The largest absolute Gasteiger partial charge is 0.497 e. The minimum atomic E-state index is -3.82. The van der Waals surface area contributed by atoms with Gasteiger partial charge in [0.1, 0.15) is 16.4 Å². The van der Waals surface area contributed by atoms with Crippen molar-refractivity contribution < 1.29 is 17.9 Å². The maximum Gasteiger partial charge on any atom is 0.265 e. The van der Waals surface area contributed by atoms with Gasteiger partial charge in [-0.1, -0.05) is 6.07 Å². The fourth-order valence-corrected chi connectivity index (χ4v) is 4.39. The van der Waals surface area contributed by atoms with E-state index in [4.69, 9.17) is 9.47 Å². The molecule has 0 bridgehead atoms. The number of benzene rings is 2. The average Bonchev–Trinajstić information content (AvgIpc) is 3.17. The maximum absolute atomic E-state index is 13.0. The molecule has 1 aliphatic heterocycles. The number of ether oxygens (including phenoxy) is 2. The zero-order chi connectivity index (χ0) is 18.7. The average molecular weight is 376 g/mol. The van der Waals surface area contributed by atoms with Crippen LogP contribution in [-0.4, -0.2) is 35.7 Å². The molecule has 0 unspecified atom stereocenters. The van der Waals surface area contributed by atoms with Crippen molar-refractivity contribution in [2.24, 2.45) is 0 Å². The molecule has 0 aromatic heterocycles. The lowest BCUT2D eigenvalue weighted by atomic mass is 10.2. The van der Waals surface area contributed by atoms with Crippen molar-refractivity contribution in [3.63, 3.8) is 0 Å². The highest BCUT2D eigenvalue weighted by molar-refractivity contribution is 7.92. The number of sulfonamides is 1. The summed E-state index contributed by atoms with van der Waals surface area (Å²) in [4.78, 5) is 2.31. The van der Waals surface area contributed by atoms with Gasteiger partial charge in [-0.25, -0.2) is 8.42 Å². The highest BCUT2D eigenvalue weighted by atomic mass is 32.2. The Balaban J connectivity index is 1.96. The van der Waals surface area contributed by atoms with E-state index in [2.05, 4.69) is 9.62 Å². The van der Waals surface area contributed by atoms with E-state index >= 15 is 0 Å². The first-order valence-corrected chi connectivity index (χ1v) is 10.0. The number of hydrogen-bond acceptors (Lipinski definition) is 5. The summed E-state index contributed by atoms with van der Waals surface area (Å²) in [5.41, 5.74) is 2.46. The third-order valence-electron chi connectivity index (χ3n) is 4.60. The Kier molecular flexibility index (Phi) is 5.27. The lowest BCUT2D eigenvalue weighted by Crippen LogP contribution is -2.19. The normalized spacial score (nSPS) is 14.3. The lowest BCUT2D eigenvalue weighted by Gasteiger charge is -2.20. The molecule has 1 saturated heterocycles. The second kappa shape index (κ2) is 7.45. The Morgan fingerprint density at radius 1 is 1.00 bits per heavy atom. The molecule has 0 saturated carbocycles. The topological polar surface area (TPSA) is 67.9 Å². The zero-order valence-electron chi connectivity index (χ0n) is 15.3. The van der Waals surface area contributed by atoms with Crippen LogP contribution in [0.25, 0.3) is 0 Å². The Morgan fingerprint density at radius 3 is 2.38 bits per heavy atom. The van der Waals surface area contributed by atoms with Crippen molar-refractivity contribution >= 4 is 21.4 Å². The highest BCUT2D eigenvalue weighted by Crippen LogP contribution is 2.32. The standard InChI is InChI=1S/C19H24N2O4S/c1-14-6-7-15(21-10-4-5-11-21)12-17(14)20-26(22,23)19-13-16(24-2)8-9-18(19)25-3/h6-9,12-13,20H,4-5,10-11H2,1-3H3. The number of rotatable bonds is 6. The fourth-order valence-electron chi connectivity index (χ4n) is 3.09. The maximum atomic E-state index is 13.0. The number of nitrogens with one attached hydrogen (secondary N) is 1. The minimum Gasteiger partial charge on any atom is -0.497 e. The molecule has 2 aromatic rings. The summed E-state index contributed by atoms with van der Waals surface area (Å²) in [6.45, 7) is 3.88. The molecule has 0 spiro atoms. The van der Waals surface area contributed by atoms with E-state index in [1.807, 2.05) is 25.1 Å². The summed E-state index contributed by atoms with van der Waals surface area (Å²) in [6.07, 6.45) is 2.33. The van der Waals surface area contributed by atoms with E-state index in [1.165, 1.54) is 20.3 Å². The molecule has 1 heterocycles. The van der Waals surface area contributed by atoms with E-state index in [9.17, 15) is 8.42 Å². The van der Waals surface area contributed by atoms with Gasteiger partial charge < -0.3 is 14.4 Å². The van der Waals surface area contributed by atoms with Crippen molar-refractivity contribution in [3.05, 3.63) is 42.0 Å². The molecule has 1 fully saturated rings. The Labute approximate surface area is 154 Å². The molecule has 0 atom stereocenters. The molecule has 1 N–H and O–H groups in total. The molecule has 140 valence electrons. The van der Waals surface area contributed by atoms with Crippen LogP contribution in [0.5, 0.6) is 11.5 Å². The molecule has 26 heavy (non-hydrogen) atoms. The lowest BCUT2D eigenvalue weighted by molar-refractivity contribution is 0.392. The molecular formula is C19H24N2O4S. The summed E-state index contributed by atoms with van der Waals surface area (Å²) in [5.74, 6) is 0.723. The van der Waals surface area contributed by atoms with Crippen LogP contribution in [0.4, 0.5) is 11.4 Å². The number of methoxy groups -OCH3 is 2. The third kappa shape index (κ3) is 3.72. The first-order valence-electron chi connectivity index (χ1n) is 8.55. The van der Waals surface area contributed by atoms with Crippen molar-refractivity contribution in [2.45, 2.75) is 24.7 Å². The van der Waals surface area contributed by atoms with Gasteiger partial charge in [0.15, 0.2) is 0 Å². The third-order valence-corrected chi connectivity index (χ3v) is 5.98. The van der Waals surface area contributed by atoms with Crippen LogP contribution in [0.3, 0.4) is 0 Å². The first-order chi connectivity index (χ1) is 12.4. The summed E-state index contributed by atoms with van der Waals surface area (Å²) < 4.78 is 39.0. The van der Waals surface area contributed by atoms with Crippen molar-refractivity contribution in [3.8, 4) is 11.5 Å². The fraction of sp³-hybridized carbons (Fsp3) is 0.368. The van der Waals surface area contributed by atoms with Crippen LogP contribution in [0.15, 0.2) is 41.3 Å². The van der Waals surface area contributed by atoms with Gasteiger partial charge in [-0.05, 0) is 49.6 Å². The zero-order valence-corrected chi connectivity index (χ0v) is 16.1. The van der Waals surface area contributed by atoms with Crippen molar-refractivity contribution in [2.75, 3.05) is 36.9 Å². The molecule has 2 aromatic carbocycles. The van der Waals surface area contributed by atoms with Gasteiger partial charge in [0.25, 0.3) is 10.0 Å². The molecule has 1 aliphatic rings. The Hall–Kier alpha value is -2.41. The van der Waals surface area contributed by atoms with Crippen LogP contribution in [0.1, 0.15) is 18.4 Å². The van der Waals surface area contributed by atoms with E-state index in [0.29, 0.717) is 11.4 Å².